The van der Waals surface area contributed by atoms with Gasteiger partial charge in [0, 0.05) is 6.07 Å². The van der Waals surface area contributed by atoms with Crippen LogP contribution in [0.1, 0.15) is 0 Å². The highest BCUT2D eigenvalue weighted by atomic mass is 16.5. The Bertz CT molecular complexity index is 349. The molecule has 1 aromatic rings. The van der Waals surface area contributed by atoms with E-state index in [1.54, 1.807) is 14.2 Å². The van der Waals surface area contributed by atoms with E-state index < -0.39 is 0 Å². The van der Waals surface area contributed by atoms with Gasteiger partial charge in [0.15, 0.2) is 0 Å². The maximum absolute atomic E-state index is 5.41. The van der Waals surface area contributed by atoms with Crippen LogP contribution in [-0.4, -0.2) is 40.4 Å². The number of benzene rings is 1. The number of nitrogens with two attached hydrogens (primary N) is 1. The number of ether oxygens (including phenoxy) is 2. The Morgan fingerprint density at radius 3 is 2.50 bits per heavy atom. The fourth-order valence-electron chi connectivity index (χ4n) is 2.04. The lowest BCUT2D eigenvalue weighted by Crippen LogP contribution is -2.89. The molecule has 0 radical (unpaired) electrons. The monoisotopic (exact) mass is 223 g/mol. The molecule has 1 aliphatic rings. The molecule has 0 aromatic heterocycles. The van der Waals surface area contributed by atoms with Crippen LogP contribution < -0.4 is 19.7 Å². The van der Waals surface area contributed by atoms with Gasteiger partial charge in [0.1, 0.15) is 11.5 Å². The predicted octanol–water partition coefficient (Wildman–Crippen LogP) is 0.0872. The van der Waals surface area contributed by atoms with Crippen LogP contribution in [-0.2, 0) is 0 Å². The van der Waals surface area contributed by atoms with Crippen LogP contribution in [0.3, 0.4) is 0 Å². The lowest BCUT2D eigenvalue weighted by molar-refractivity contribution is -0.655. The molecule has 2 rings (SSSR count). The van der Waals surface area contributed by atoms with Gasteiger partial charge in [-0.15, -0.1) is 0 Å². The molecule has 0 aliphatic carbocycles. The van der Waals surface area contributed by atoms with Gasteiger partial charge in [0.2, 0.25) is 0 Å². The largest absolute Gasteiger partial charge is 0.497 e. The number of hydrogen-bond acceptors (Lipinski definition) is 3. The van der Waals surface area contributed by atoms with E-state index >= 15 is 0 Å². The lowest BCUT2D eigenvalue weighted by atomic mass is 10.2. The third kappa shape index (κ3) is 2.22. The van der Waals surface area contributed by atoms with Crippen molar-refractivity contribution >= 4 is 5.69 Å². The summed E-state index contributed by atoms with van der Waals surface area (Å²) in [5.41, 5.74) is 1.16. The minimum Gasteiger partial charge on any atom is -0.497 e. The van der Waals surface area contributed by atoms with E-state index in [4.69, 9.17) is 9.47 Å². The van der Waals surface area contributed by atoms with Gasteiger partial charge in [-0.1, -0.05) is 0 Å². The zero-order chi connectivity index (χ0) is 11.4. The molecule has 0 spiro atoms. The Morgan fingerprint density at radius 1 is 1.12 bits per heavy atom. The first-order chi connectivity index (χ1) is 7.85. The molecule has 4 nitrogen and oxygen atoms in total. The molecule has 0 amide bonds. The molecule has 16 heavy (non-hydrogen) atoms. The smallest absolute Gasteiger partial charge is 0.145 e. The van der Waals surface area contributed by atoms with Gasteiger partial charge < -0.3 is 19.7 Å². The number of rotatable bonds is 3. The molecule has 4 heteroatoms. The average molecular weight is 223 g/mol. The summed E-state index contributed by atoms with van der Waals surface area (Å²) in [4.78, 5) is 2.36. The van der Waals surface area contributed by atoms with Crippen LogP contribution in [0.25, 0.3) is 0 Å². The Balaban J connectivity index is 2.24. The molecule has 1 aromatic carbocycles. The second kappa shape index (κ2) is 5.07. The first kappa shape index (κ1) is 11.1. The van der Waals surface area contributed by atoms with Crippen molar-refractivity contribution in [2.24, 2.45) is 0 Å². The van der Waals surface area contributed by atoms with Crippen molar-refractivity contribution in [3.8, 4) is 11.5 Å². The fraction of sp³-hybridized carbons (Fsp3) is 0.500. The molecule has 0 saturated carbocycles. The molecule has 0 atom stereocenters. The van der Waals surface area contributed by atoms with Crippen molar-refractivity contribution in [2.45, 2.75) is 0 Å². The van der Waals surface area contributed by atoms with E-state index in [9.17, 15) is 0 Å². The van der Waals surface area contributed by atoms with Crippen LogP contribution in [0.4, 0.5) is 5.69 Å². The Labute approximate surface area is 96.2 Å². The van der Waals surface area contributed by atoms with Crippen molar-refractivity contribution in [1.29, 1.82) is 0 Å². The summed E-state index contributed by atoms with van der Waals surface area (Å²) in [5, 5.41) is 2.34. The summed E-state index contributed by atoms with van der Waals surface area (Å²) in [7, 11) is 3.37. The van der Waals surface area contributed by atoms with Gasteiger partial charge in [-0.25, -0.2) is 0 Å². The molecule has 1 aliphatic heterocycles. The van der Waals surface area contributed by atoms with Crippen LogP contribution in [0.5, 0.6) is 11.5 Å². The zero-order valence-electron chi connectivity index (χ0n) is 9.90. The highest BCUT2D eigenvalue weighted by molar-refractivity contribution is 5.61. The SMILES string of the molecule is COc1ccc(N2CC[NH2+]CC2)c(OC)c1. The minimum absolute atomic E-state index is 0.837. The Morgan fingerprint density at radius 2 is 1.88 bits per heavy atom. The molecular weight excluding hydrogens is 204 g/mol. The summed E-state index contributed by atoms with van der Waals surface area (Å²) >= 11 is 0. The summed E-state index contributed by atoms with van der Waals surface area (Å²) in [6, 6.07) is 5.99. The van der Waals surface area contributed by atoms with Crippen molar-refractivity contribution in [1.82, 2.24) is 0 Å². The highest BCUT2D eigenvalue weighted by Crippen LogP contribution is 2.31. The Hall–Kier alpha value is -1.42. The summed E-state index contributed by atoms with van der Waals surface area (Å²) < 4.78 is 10.6. The molecule has 2 N–H and O–H groups in total. The van der Waals surface area contributed by atoms with E-state index in [0.29, 0.717) is 0 Å². The number of anilines is 1. The highest BCUT2D eigenvalue weighted by Gasteiger charge is 2.16. The number of nitrogens with zero attached hydrogens (tertiary/aromatic N) is 1. The zero-order valence-corrected chi connectivity index (χ0v) is 9.90. The van der Waals surface area contributed by atoms with Gasteiger partial charge >= 0.3 is 0 Å². The summed E-state index contributed by atoms with van der Waals surface area (Å²) in [5.74, 6) is 1.73. The van der Waals surface area contributed by atoms with Crippen molar-refractivity contribution in [3.63, 3.8) is 0 Å². The number of methoxy groups -OCH3 is 2. The molecule has 1 fully saturated rings. The minimum atomic E-state index is 0.837. The number of hydrogen-bond donors (Lipinski definition) is 1. The topological polar surface area (TPSA) is 38.3 Å². The van der Waals surface area contributed by atoms with E-state index in [-0.39, 0.29) is 0 Å². The molecular formula is C12H19N2O2+. The number of quaternary nitrogens is 1. The summed E-state index contributed by atoms with van der Waals surface area (Å²) in [6.45, 7) is 4.44. The van der Waals surface area contributed by atoms with Gasteiger partial charge in [0.25, 0.3) is 0 Å². The Kier molecular flexibility index (Phi) is 3.51. The van der Waals surface area contributed by atoms with Crippen LogP contribution in [0.15, 0.2) is 18.2 Å². The average Bonchev–Trinajstić information content (AvgIpc) is 2.39. The molecule has 1 saturated heterocycles. The predicted molar refractivity (Wildman–Crippen MR) is 63.4 cm³/mol. The van der Waals surface area contributed by atoms with Crippen LogP contribution >= 0.6 is 0 Å². The third-order valence-electron chi connectivity index (χ3n) is 2.93. The molecule has 0 bridgehead atoms. The maximum Gasteiger partial charge on any atom is 0.145 e. The first-order valence-corrected chi connectivity index (χ1v) is 5.64. The standard InChI is InChI=1S/C12H18N2O2/c1-15-10-3-4-11(12(9-10)16-2)14-7-5-13-6-8-14/h3-4,9,13H,5-8H2,1-2H3/p+1. The summed E-state index contributed by atoms with van der Waals surface area (Å²) in [6.07, 6.45) is 0. The number of piperazine rings is 1. The van der Waals surface area contributed by atoms with E-state index in [0.717, 1.165) is 43.4 Å². The maximum atomic E-state index is 5.41. The van der Waals surface area contributed by atoms with Crippen LogP contribution in [0, 0.1) is 0 Å². The molecule has 88 valence electrons. The third-order valence-corrected chi connectivity index (χ3v) is 2.93. The second-order valence-corrected chi connectivity index (χ2v) is 3.89. The van der Waals surface area contributed by atoms with Crippen molar-refractivity contribution < 1.29 is 14.8 Å². The quantitative estimate of drug-likeness (QED) is 0.789. The van der Waals surface area contributed by atoms with Gasteiger partial charge in [0.05, 0.1) is 46.1 Å². The van der Waals surface area contributed by atoms with Crippen molar-refractivity contribution in [3.05, 3.63) is 18.2 Å². The van der Waals surface area contributed by atoms with E-state index in [1.807, 2.05) is 12.1 Å². The van der Waals surface area contributed by atoms with E-state index in [2.05, 4.69) is 16.3 Å². The van der Waals surface area contributed by atoms with Crippen LogP contribution in [0.2, 0.25) is 0 Å². The van der Waals surface area contributed by atoms with Gasteiger partial charge in [-0.2, -0.15) is 0 Å². The molecule has 0 unspecified atom stereocenters. The second-order valence-electron chi connectivity index (χ2n) is 3.89. The van der Waals surface area contributed by atoms with Gasteiger partial charge in [-0.05, 0) is 12.1 Å². The fourth-order valence-corrected chi connectivity index (χ4v) is 2.04. The lowest BCUT2D eigenvalue weighted by Gasteiger charge is -2.28. The molecule has 1 heterocycles. The normalized spacial score (nSPS) is 16.0. The van der Waals surface area contributed by atoms with Gasteiger partial charge in [-0.3, -0.25) is 0 Å². The van der Waals surface area contributed by atoms with E-state index in [1.165, 1.54) is 0 Å². The van der Waals surface area contributed by atoms with Crippen molar-refractivity contribution in [2.75, 3.05) is 45.3 Å². The first-order valence-electron chi connectivity index (χ1n) is 5.64.